The number of aliphatic hydroxyl groups excluding tert-OH is 1. The normalized spacial score (nSPS) is 17.6. The van der Waals surface area contributed by atoms with Crippen LogP contribution in [0.25, 0.3) is 27.9 Å². The lowest BCUT2D eigenvalue weighted by atomic mass is 10.1. The lowest BCUT2D eigenvalue weighted by Gasteiger charge is -2.16. The van der Waals surface area contributed by atoms with Crippen LogP contribution in [0.15, 0.2) is 67.1 Å². The second-order valence-electron chi connectivity index (χ2n) is 9.08. The number of halogens is 1. The summed E-state index contributed by atoms with van der Waals surface area (Å²) in [5.41, 5.74) is 3.74. The molecule has 2 atom stereocenters. The number of aromatic nitrogens is 5. The molecule has 5 aromatic rings. The van der Waals surface area contributed by atoms with Crippen LogP contribution in [-0.4, -0.2) is 47.7 Å². The van der Waals surface area contributed by atoms with Gasteiger partial charge in [0, 0.05) is 23.6 Å². The van der Waals surface area contributed by atoms with Crippen molar-refractivity contribution in [1.82, 2.24) is 29.9 Å². The van der Waals surface area contributed by atoms with Crippen molar-refractivity contribution in [3.8, 4) is 11.3 Å². The van der Waals surface area contributed by atoms with E-state index in [4.69, 9.17) is 0 Å². The first-order valence-electron chi connectivity index (χ1n) is 11.9. The van der Waals surface area contributed by atoms with Crippen molar-refractivity contribution >= 4 is 22.6 Å². The Balaban J connectivity index is 1.26. The maximum absolute atomic E-state index is 14.9. The number of hydrogen-bond donors (Lipinski definition) is 2. The zero-order chi connectivity index (χ0) is 24.6. The van der Waals surface area contributed by atoms with E-state index in [2.05, 4.69) is 31.4 Å². The second kappa shape index (κ2) is 9.09. The molecule has 9 heteroatoms. The Kier molecular flexibility index (Phi) is 5.61. The average molecular weight is 483 g/mol. The molecule has 1 aliphatic rings. The summed E-state index contributed by atoms with van der Waals surface area (Å²) in [6, 6.07) is 14.0. The molecule has 0 spiro atoms. The fraction of sp³-hybridized carbons (Fsp3) is 0.222. The highest BCUT2D eigenvalue weighted by Crippen LogP contribution is 2.23. The maximum Gasteiger partial charge on any atom is 0.254 e. The first-order valence-corrected chi connectivity index (χ1v) is 11.9. The van der Waals surface area contributed by atoms with Gasteiger partial charge in [-0.25, -0.2) is 18.9 Å². The van der Waals surface area contributed by atoms with Gasteiger partial charge in [-0.05, 0) is 55.2 Å². The van der Waals surface area contributed by atoms with Crippen molar-refractivity contribution < 1.29 is 14.3 Å². The number of nitrogens with zero attached hydrogens (tertiary/aromatic N) is 5. The fourth-order valence-electron chi connectivity index (χ4n) is 4.73. The van der Waals surface area contributed by atoms with Crippen LogP contribution in [0, 0.1) is 5.82 Å². The Morgan fingerprint density at radius 2 is 1.97 bits per heavy atom. The zero-order valence-electron chi connectivity index (χ0n) is 19.3. The third kappa shape index (κ3) is 4.18. The molecule has 2 N–H and O–H groups in total. The van der Waals surface area contributed by atoms with E-state index in [0.29, 0.717) is 36.3 Å². The standard InChI is InChI=1S/C27H23FN6O2/c28-21-13-18(7-8-20(21)26(36)32-23-4-1-5-25(23)35)24-15-31-27-30-14-19(34(27)33-24)12-16-6-9-22-17(11-16)3-2-10-29-22/h2-3,6-11,13-15,23,25,35H,1,4-5,12H2,(H,32,36). The van der Waals surface area contributed by atoms with Gasteiger partial charge in [0.1, 0.15) is 11.5 Å². The Morgan fingerprint density at radius 1 is 1.08 bits per heavy atom. The van der Waals surface area contributed by atoms with E-state index in [-0.39, 0.29) is 11.6 Å². The summed E-state index contributed by atoms with van der Waals surface area (Å²) in [7, 11) is 0. The molecule has 1 aliphatic carbocycles. The van der Waals surface area contributed by atoms with Crippen molar-refractivity contribution in [1.29, 1.82) is 0 Å². The molecule has 36 heavy (non-hydrogen) atoms. The number of pyridine rings is 1. The minimum atomic E-state index is -0.657. The predicted octanol–water partition coefficient (Wildman–Crippen LogP) is 3.71. The summed E-state index contributed by atoms with van der Waals surface area (Å²) in [6.45, 7) is 0. The first kappa shape index (κ1) is 22.2. The van der Waals surface area contributed by atoms with Crippen molar-refractivity contribution in [2.24, 2.45) is 0 Å². The molecule has 1 amide bonds. The zero-order valence-corrected chi connectivity index (χ0v) is 19.3. The molecule has 1 saturated carbocycles. The highest BCUT2D eigenvalue weighted by molar-refractivity contribution is 5.95. The SMILES string of the molecule is O=C(NC1CCCC1O)c1ccc(-c2cnc3ncc(Cc4ccc5ncccc5c4)n3n2)cc1F. The van der Waals surface area contributed by atoms with Crippen LogP contribution in [0.2, 0.25) is 0 Å². The quantitative estimate of drug-likeness (QED) is 0.396. The molecule has 1 fully saturated rings. The number of hydrogen-bond acceptors (Lipinski definition) is 6. The topological polar surface area (TPSA) is 105 Å². The average Bonchev–Trinajstić information content (AvgIpc) is 3.49. The number of carbonyl (C=O) groups excluding carboxylic acids is 1. The molecule has 0 bridgehead atoms. The monoisotopic (exact) mass is 482 g/mol. The predicted molar refractivity (Wildman–Crippen MR) is 132 cm³/mol. The molecule has 6 rings (SSSR count). The van der Waals surface area contributed by atoms with Crippen LogP contribution >= 0.6 is 0 Å². The number of amides is 1. The molecule has 0 radical (unpaired) electrons. The molecule has 0 saturated heterocycles. The second-order valence-corrected chi connectivity index (χ2v) is 9.08. The molecule has 3 heterocycles. The number of fused-ring (bicyclic) bond motifs is 2. The summed E-state index contributed by atoms with van der Waals surface area (Å²) in [5.74, 6) is -0.744. The molecular weight excluding hydrogens is 459 g/mol. The number of aliphatic hydroxyl groups is 1. The highest BCUT2D eigenvalue weighted by atomic mass is 19.1. The van der Waals surface area contributed by atoms with Gasteiger partial charge in [-0.2, -0.15) is 5.10 Å². The van der Waals surface area contributed by atoms with Gasteiger partial charge < -0.3 is 10.4 Å². The van der Waals surface area contributed by atoms with E-state index >= 15 is 0 Å². The van der Waals surface area contributed by atoms with Gasteiger partial charge in [0.15, 0.2) is 0 Å². The number of carbonyl (C=O) groups is 1. The van der Waals surface area contributed by atoms with Gasteiger partial charge in [-0.3, -0.25) is 9.78 Å². The number of benzene rings is 2. The van der Waals surface area contributed by atoms with Crippen LogP contribution in [0.5, 0.6) is 0 Å². The lowest BCUT2D eigenvalue weighted by molar-refractivity contribution is 0.0869. The van der Waals surface area contributed by atoms with Gasteiger partial charge in [0.2, 0.25) is 0 Å². The summed E-state index contributed by atoms with van der Waals surface area (Å²) in [4.78, 5) is 25.6. The van der Waals surface area contributed by atoms with E-state index in [1.54, 1.807) is 23.0 Å². The van der Waals surface area contributed by atoms with Gasteiger partial charge >= 0.3 is 0 Å². The van der Waals surface area contributed by atoms with Gasteiger partial charge in [0.05, 0.1) is 41.3 Å². The first-order chi connectivity index (χ1) is 17.5. The minimum Gasteiger partial charge on any atom is -0.391 e. The Bertz CT molecular complexity index is 1600. The Labute approximate surface area is 205 Å². The molecule has 2 unspecified atom stereocenters. The molecule has 8 nitrogen and oxygen atoms in total. The van der Waals surface area contributed by atoms with Crippen LogP contribution in [0.4, 0.5) is 4.39 Å². The smallest absolute Gasteiger partial charge is 0.254 e. The van der Waals surface area contributed by atoms with Crippen LogP contribution in [-0.2, 0) is 6.42 Å². The van der Waals surface area contributed by atoms with Crippen molar-refractivity contribution in [2.45, 2.75) is 37.8 Å². The largest absolute Gasteiger partial charge is 0.391 e. The molecule has 0 aliphatic heterocycles. The molecule has 2 aromatic carbocycles. The van der Waals surface area contributed by atoms with Crippen molar-refractivity contribution in [3.63, 3.8) is 0 Å². The van der Waals surface area contributed by atoms with Gasteiger partial charge in [-0.1, -0.05) is 18.2 Å². The third-order valence-corrected chi connectivity index (χ3v) is 6.66. The van der Waals surface area contributed by atoms with E-state index in [1.807, 2.05) is 24.3 Å². The van der Waals surface area contributed by atoms with E-state index in [0.717, 1.165) is 28.6 Å². The van der Waals surface area contributed by atoms with E-state index in [9.17, 15) is 14.3 Å². The molecule has 180 valence electrons. The van der Waals surface area contributed by atoms with Gasteiger partial charge in [-0.15, -0.1) is 0 Å². The van der Waals surface area contributed by atoms with Crippen molar-refractivity contribution in [3.05, 3.63) is 89.8 Å². The Morgan fingerprint density at radius 3 is 2.81 bits per heavy atom. The van der Waals surface area contributed by atoms with E-state index < -0.39 is 17.8 Å². The fourth-order valence-corrected chi connectivity index (χ4v) is 4.73. The summed E-state index contributed by atoms with van der Waals surface area (Å²) < 4.78 is 16.6. The molecular formula is C27H23FN6O2. The number of nitrogens with one attached hydrogen (secondary N) is 1. The van der Waals surface area contributed by atoms with Crippen LogP contribution in [0.3, 0.4) is 0 Å². The number of rotatable bonds is 5. The minimum absolute atomic E-state index is 0.0685. The third-order valence-electron chi connectivity index (χ3n) is 6.66. The summed E-state index contributed by atoms with van der Waals surface area (Å²) in [6.07, 6.45) is 7.20. The number of imidazole rings is 1. The summed E-state index contributed by atoms with van der Waals surface area (Å²) >= 11 is 0. The maximum atomic E-state index is 14.9. The van der Waals surface area contributed by atoms with Crippen molar-refractivity contribution in [2.75, 3.05) is 0 Å². The Hall–Kier alpha value is -4.24. The van der Waals surface area contributed by atoms with Gasteiger partial charge in [0.25, 0.3) is 11.7 Å². The van der Waals surface area contributed by atoms with E-state index in [1.165, 1.54) is 18.3 Å². The van der Waals surface area contributed by atoms with Crippen LogP contribution < -0.4 is 5.32 Å². The molecule has 3 aromatic heterocycles. The van der Waals surface area contributed by atoms with Crippen LogP contribution in [0.1, 0.15) is 40.9 Å². The highest BCUT2D eigenvalue weighted by Gasteiger charge is 2.27. The lowest BCUT2D eigenvalue weighted by Crippen LogP contribution is -2.40. The summed E-state index contributed by atoms with van der Waals surface area (Å²) in [5, 5.41) is 18.4.